The number of nitrogens with one attached hydrogen (secondary N) is 1. The number of anilines is 1. The number of rotatable bonds is 5. The summed E-state index contributed by atoms with van der Waals surface area (Å²) in [5.74, 6) is -2.62. The van der Waals surface area contributed by atoms with Gasteiger partial charge in [-0.1, -0.05) is 26.2 Å². The predicted molar refractivity (Wildman–Crippen MR) is 77.5 cm³/mol. The zero-order valence-corrected chi connectivity index (χ0v) is 12.2. The normalized spacial score (nSPS) is 22.0. The number of hydrogen-bond acceptors (Lipinski definition) is 2. The van der Waals surface area contributed by atoms with Gasteiger partial charge in [-0.25, -0.2) is 13.6 Å². The van der Waals surface area contributed by atoms with Gasteiger partial charge in [0.05, 0.1) is 11.3 Å². The number of aromatic carboxylic acids is 1. The fourth-order valence-electron chi connectivity index (χ4n) is 2.95. The lowest BCUT2D eigenvalue weighted by atomic mass is 9.81. The van der Waals surface area contributed by atoms with Crippen molar-refractivity contribution < 1.29 is 18.7 Å². The molecule has 1 saturated carbocycles. The topological polar surface area (TPSA) is 49.3 Å². The fourth-order valence-corrected chi connectivity index (χ4v) is 2.95. The first-order chi connectivity index (χ1) is 10.0. The van der Waals surface area contributed by atoms with Crippen molar-refractivity contribution in [3.8, 4) is 0 Å². The smallest absolute Gasteiger partial charge is 0.338 e. The molecule has 0 amide bonds. The predicted octanol–water partition coefficient (Wildman–Crippen LogP) is 4.29. The van der Waals surface area contributed by atoms with Crippen LogP contribution in [0.5, 0.6) is 0 Å². The minimum absolute atomic E-state index is 0.0371. The Morgan fingerprint density at radius 1 is 1.19 bits per heavy atom. The van der Waals surface area contributed by atoms with E-state index in [1.165, 1.54) is 25.3 Å². The van der Waals surface area contributed by atoms with E-state index in [2.05, 4.69) is 12.2 Å². The van der Waals surface area contributed by atoms with E-state index in [4.69, 9.17) is 5.11 Å². The Hall–Kier alpha value is -1.65. The Morgan fingerprint density at radius 2 is 1.81 bits per heavy atom. The van der Waals surface area contributed by atoms with Gasteiger partial charge < -0.3 is 10.4 Å². The number of carboxylic acid groups (broad SMARTS) is 1. The minimum atomic E-state index is -1.46. The van der Waals surface area contributed by atoms with Crippen molar-refractivity contribution in [1.82, 2.24) is 0 Å². The van der Waals surface area contributed by atoms with Crippen molar-refractivity contribution in [1.29, 1.82) is 0 Å². The maximum atomic E-state index is 13.8. The first-order valence-corrected chi connectivity index (χ1v) is 7.48. The second kappa shape index (κ2) is 6.87. The summed E-state index contributed by atoms with van der Waals surface area (Å²) in [6, 6.07) is 2.39. The lowest BCUT2D eigenvalue weighted by Gasteiger charge is -2.28. The van der Waals surface area contributed by atoms with Crippen LogP contribution in [0.4, 0.5) is 14.5 Å². The van der Waals surface area contributed by atoms with Crippen LogP contribution in [0, 0.1) is 23.5 Å². The van der Waals surface area contributed by atoms with Crippen LogP contribution in [0.25, 0.3) is 0 Å². The van der Waals surface area contributed by atoms with Crippen LogP contribution in [-0.2, 0) is 0 Å². The van der Waals surface area contributed by atoms with Gasteiger partial charge in [-0.05, 0) is 36.8 Å². The minimum Gasteiger partial charge on any atom is -0.478 e. The number of carbonyl (C=O) groups is 1. The molecule has 1 aromatic carbocycles. The van der Waals surface area contributed by atoms with Gasteiger partial charge in [0.2, 0.25) is 0 Å². The summed E-state index contributed by atoms with van der Waals surface area (Å²) >= 11 is 0. The zero-order valence-electron chi connectivity index (χ0n) is 12.2. The molecule has 0 saturated heterocycles. The molecule has 0 heterocycles. The summed E-state index contributed by atoms with van der Waals surface area (Å²) in [7, 11) is 0. The molecule has 0 atom stereocenters. The quantitative estimate of drug-likeness (QED) is 0.852. The number of halogens is 2. The average Bonchev–Trinajstić information content (AvgIpc) is 2.49. The summed E-state index contributed by atoms with van der Waals surface area (Å²) in [4.78, 5) is 10.7. The van der Waals surface area contributed by atoms with Crippen molar-refractivity contribution in [2.24, 2.45) is 11.8 Å². The second-order valence-corrected chi connectivity index (χ2v) is 5.77. The fraction of sp³-hybridized carbons (Fsp3) is 0.562. The molecule has 0 aliphatic heterocycles. The molecule has 0 bridgehead atoms. The van der Waals surface area contributed by atoms with Crippen LogP contribution in [0.2, 0.25) is 0 Å². The van der Waals surface area contributed by atoms with Gasteiger partial charge in [-0.3, -0.25) is 0 Å². The van der Waals surface area contributed by atoms with Gasteiger partial charge in [0.1, 0.15) is 0 Å². The number of carboxylic acids is 1. The monoisotopic (exact) mass is 297 g/mol. The van der Waals surface area contributed by atoms with Crippen LogP contribution in [0.1, 0.15) is 49.4 Å². The Kier molecular flexibility index (Phi) is 5.15. The maximum Gasteiger partial charge on any atom is 0.338 e. The SMILES string of the molecule is CCC1CCC(CNc2ccc(C(=O)O)c(F)c2F)CC1. The number of hydrogen-bond donors (Lipinski definition) is 2. The van der Waals surface area contributed by atoms with E-state index in [-0.39, 0.29) is 5.69 Å². The lowest BCUT2D eigenvalue weighted by molar-refractivity contribution is 0.0690. The van der Waals surface area contributed by atoms with E-state index in [1.54, 1.807) is 0 Å². The lowest BCUT2D eigenvalue weighted by Crippen LogP contribution is -2.21. The first kappa shape index (κ1) is 15.7. The van der Waals surface area contributed by atoms with E-state index in [0.29, 0.717) is 12.5 Å². The van der Waals surface area contributed by atoms with Gasteiger partial charge in [-0.15, -0.1) is 0 Å². The average molecular weight is 297 g/mol. The molecule has 21 heavy (non-hydrogen) atoms. The molecule has 1 aliphatic rings. The maximum absolute atomic E-state index is 13.8. The highest BCUT2D eigenvalue weighted by atomic mass is 19.2. The Labute approximate surface area is 123 Å². The summed E-state index contributed by atoms with van der Waals surface area (Å²) in [5, 5.41) is 11.7. The molecule has 3 nitrogen and oxygen atoms in total. The van der Waals surface area contributed by atoms with E-state index < -0.39 is 23.2 Å². The molecular weight excluding hydrogens is 276 g/mol. The van der Waals surface area contributed by atoms with Crippen molar-refractivity contribution in [2.75, 3.05) is 11.9 Å². The molecule has 0 spiro atoms. The Morgan fingerprint density at radius 3 is 2.38 bits per heavy atom. The van der Waals surface area contributed by atoms with Crippen LogP contribution >= 0.6 is 0 Å². The highest BCUT2D eigenvalue weighted by molar-refractivity contribution is 5.88. The summed E-state index contributed by atoms with van der Waals surface area (Å²) in [6.07, 6.45) is 5.79. The largest absolute Gasteiger partial charge is 0.478 e. The molecule has 116 valence electrons. The van der Waals surface area contributed by atoms with Crippen molar-refractivity contribution in [3.63, 3.8) is 0 Å². The molecule has 2 N–H and O–H groups in total. The van der Waals surface area contributed by atoms with E-state index in [0.717, 1.165) is 24.8 Å². The van der Waals surface area contributed by atoms with Crippen LogP contribution < -0.4 is 5.32 Å². The van der Waals surface area contributed by atoms with Gasteiger partial charge in [0, 0.05) is 6.54 Å². The first-order valence-electron chi connectivity index (χ1n) is 7.48. The third-order valence-electron chi connectivity index (χ3n) is 4.44. The molecule has 1 fully saturated rings. The standard InChI is InChI=1S/C16H21F2NO2/c1-2-10-3-5-11(6-4-10)9-19-13-8-7-12(16(20)21)14(17)15(13)18/h7-8,10-11,19H,2-6,9H2,1H3,(H,20,21). The van der Waals surface area contributed by atoms with Gasteiger partial charge in [0.25, 0.3) is 0 Å². The van der Waals surface area contributed by atoms with Crippen molar-refractivity contribution in [2.45, 2.75) is 39.0 Å². The molecular formula is C16H21F2NO2. The third kappa shape index (κ3) is 3.71. The summed E-state index contributed by atoms with van der Waals surface area (Å²) in [6.45, 7) is 2.80. The van der Waals surface area contributed by atoms with Gasteiger partial charge in [0.15, 0.2) is 11.6 Å². The van der Waals surface area contributed by atoms with E-state index in [1.807, 2.05) is 0 Å². The summed E-state index contributed by atoms with van der Waals surface area (Å²) < 4.78 is 27.4. The molecule has 2 rings (SSSR count). The molecule has 5 heteroatoms. The molecule has 0 unspecified atom stereocenters. The van der Waals surface area contributed by atoms with Crippen molar-refractivity contribution >= 4 is 11.7 Å². The molecule has 1 aliphatic carbocycles. The van der Waals surface area contributed by atoms with Crippen LogP contribution in [0.15, 0.2) is 12.1 Å². The zero-order chi connectivity index (χ0) is 15.4. The highest BCUT2D eigenvalue weighted by Crippen LogP contribution is 2.31. The highest BCUT2D eigenvalue weighted by Gasteiger charge is 2.21. The summed E-state index contributed by atoms with van der Waals surface area (Å²) in [5.41, 5.74) is -0.600. The van der Waals surface area contributed by atoms with Crippen LogP contribution in [-0.4, -0.2) is 17.6 Å². The second-order valence-electron chi connectivity index (χ2n) is 5.77. The molecule has 0 radical (unpaired) electrons. The van der Waals surface area contributed by atoms with E-state index >= 15 is 0 Å². The molecule has 1 aromatic rings. The number of benzene rings is 1. The third-order valence-corrected chi connectivity index (χ3v) is 4.44. The van der Waals surface area contributed by atoms with Gasteiger partial charge >= 0.3 is 5.97 Å². The molecule has 0 aromatic heterocycles. The Bertz CT molecular complexity index is 511. The Balaban J connectivity index is 1.95. The van der Waals surface area contributed by atoms with Gasteiger partial charge in [-0.2, -0.15) is 0 Å². The van der Waals surface area contributed by atoms with E-state index in [9.17, 15) is 13.6 Å². The van der Waals surface area contributed by atoms with Crippen molar-refractivity contribution in [3.05, 3.63) is 29.3 Å². The van der Waals surface area contributed by atoms with Crippen LogP contribution in [0.3, 0.4) is 0 Å².